The third-order valence-corrected chi connectivity index (χ3v) is 4.51. The summed E-state index contributed by atoms with van der Waals surface area (Å²) in [4.78, 5) is 38.6. The van der Waals surface area contributed by atoms with Crippen molar-refractivity contribution >= 4 is 18.0 Å². The van der Waals surface area contributed by atoms with Crippen LogP contribution >= 0.6 is 0 Å². The Balaban J connectivity index is 0.00000338. The second kappa shape index (κ2) is 9.50. The van der Waals surface area contributed by atoms with Gasteiger partial charge in [-0.1, -0.05) is 6.08 Å². The molecule has 2 unspecified atom stereocenters. The number of amides is 2. The number of ether oxygens (including phenoxy) is 2. The molecule has 7 nitrogen and oxygen atoms in total. The molecule has 4 atom stereocenters. The summed E-state index contributed by atoms with van der Waals surface area (Å²) in [7, 11) is 1.28. The number of likely N-dealkylation sites (tertiary alicyclic amines) is 1. The number of hydrogen-bond acceptors (Lipinski definition) is 5. The maximum atomic E-state index is 12.8. The van der Waals surface area contributed by atoms with Gasteiger partial charge in [0.1, 0.15) is 17.2 Å². The van der Waals surface area contributed by atoms with E-state index in [1.165, 1.54) is 12.0 Å². The van der Waals surface area contributed by atoms with Crippen molar-refractivity contribution < 1.29 is 56.6 Å². The smallest absolute Gasteiger partial charge is 0.410 e. The molecule has 1 saturated carbocycles. The van der Waals surface area contributed by atoms with Crippen molar-refractivity contribution in [3.63, 3.8) is 0 Å². The fourth-order valence-corrected chi connectivity index (χ4v) is 3.18. The van der Waals surface area contributed by atoms with Crippen molar-refractivity contribution in [3.8, 4) is 0 Å². The molecule has 0 aromatic heterocycles. The predicted octanol–water partition coefficient (Wildman–Crippen LogP) is 2.13. The van der Waals surface area contributed by atoms with Gasteiger partial charge in [0, 0.05) is 45.2 Å². The van der Waals surface area contributed by atoms with Crippen LogP contribution in [0.25, 0.3) is 0 Å². The summed E-state index contributed by atoms with van der Waals surface area (Å²) in [5.74, 6) is -1.15. The number of nitrogens with one attached hydrogen (secondary N) is 1. The molecule has 1 aliphatic heterocycles. The first kappa shape index (κ1) is 26.1. The number of esters is 1. The standard InChI is InChI=1S/C18H27N2O5.CH3.Y/c1-7-12-9-18(12,15(22)24-6)19-14(21)13-8-11(2)10-20(13)16(23)25-17(3,4)5;;/h7,11-13H,1-2,8-10H2,3-6H3,(H,19,21);1H3;/q2*-1;/t11-,12?,13+,18?;;/m1../s1. The van der Waals surface area contributed by atoms with Crippen molar-refractivity contribution in [2.75, 3.05) is 13.7 Å². The fourth-order valence-electron chi connectivity index (χ4n) is 3.18. The Kier molecular flexibility index (Phi) is 9.17. The molecule has 1 heterocycles. The van der Waals surface area contributed by atoms with Gasteiger partial charge in [0.15, 0.2) is 0 Å². The average Bonchev–Trinajstić information content (AvgIpc) is 3.07. The Labute approximate surface area is 187 Å². The zero-order valence-electron chi connectivity index (χ0n) is 16.9. The van der Waals surface area contributed by atoms with E-state index in [2.05, 4.69) is 18.8 Å². The average molecular weight is 455 g/mol. The summed E-state index contributed by atoms with van der Waals surface area (Å²) >= 11 is 0. The van der Waals surface area contributed by atoms with Crippen LogP contribution < -0.4 is 5.32 Å². The van der Waals surface area contributed by atoms with Gasteiger partial charge >= 0.3 is 12.1 Å². The first-order chi connectivity index (χ1) is 11.5. The van der Waals surface area contributed by atoms with Gasteiger partial charge in [-0.25, -0.2) is 9.59 Å². The number of nitrogens with zero attached hydrogens (tertiary/aromatic N) is 1. The van der Waals surface area contributed by atoms with Gasteiger partial charge in [-0.3, -0.25) is 9.69 Å². The van der Waals surface area contributed by atoms with Crippen molar-refractivity contribution in [1.82, 2.24) is 10.2 Å². The van der Waals surface area contributed by atoms with E-state index in [1.807, 2.05) is 0 Å². The van der Waals surface area contributed by atoms with Gasteiger partial charge < -0.3 is 29.1 Å². The third kappa shape index (κ3) is 5.77. The minimum absolute atomic E-state index is 0. The van der Waals surface area contributed by atoms with E-state index in [4.69, 9.17) is 9.47 Å². The summed E-state index contributed by atoms with van der Waals surface area (Å²) in [6.45, 7) is 13.3. The fraction of sp³-hybridized carbons (Fsp3) is 0.632. The molecule has 151 valence electrons. The summed E-state index contributed by atoms with van der Waals surface area (Å²) in [6.07, 6.45) is 1.94. The molecule has 8 heteroatoms. The van der Waals surface area contributed by atoms with E-state index in [-0.39, 0.29) is 52.0 Å². The number of carbonyl (C=O) groups excluding carboxylic acids is 3. The molecule has 2 amide bonds. The van der Waals surface area contributed by atoms with E-state index in [0.717, 1.165) is 0 Å². The maximum Gasteiger partial charge on any atom is 0.410 e. The van der Waals surface area contributed by atoms with Gasteiger partial charge in [-0.2, -0.15) is 0 Å². The van der Waals surface area contributed by atoms with Crippen molar-refractivity contribution in [2.45, 2.75) is 50.8 Å². The molecule has 2 aliphatic rings. The Morgan fingerprint density at radius 1 is 1.33 bits per heavy atom. The molecular weight excluding hydrogens is 425 g/mol. The van der Waals surface area contributed by atoms with E-state index in [1.54, 1.807) is 26.8 Å². The number of rotatable bonds is 4. The zero-order chi connectivity index (χ0) is 19.0. The van der Waals surface area contributed by atoms with Crippen LogP contribution in [0.3, 0.4) is 0 Å². The van der Waals surface area contributed by atoms with Crippen LogP contribution in [0.4, 0.5) is 4.79 Å². The van der Waals surface area contributed by atoms with E-state index < -0.39 is 35.2 Å². The first-order valence-corrected chi connectivity index (χ1v) is 8.39. The van der Waals surface area contributed by atoms with Crippen LogP contribution in [-0.4, -0.2) is 53.7 Å². The van der Waals surface area contributed by atoms with Gasteiger partial charge in [0.2, 0.25) is 5.91 Å². The largest absolute Gasteiger partial charge is 0.467 e. The Hall–Kier alpha value is -0.946. The monoisotopic (exact) mass is 455 g/mol. The van der Waals surface area contributed by atoms with Crippen molar-refractivity contribution in [3.05, 3.63) is 27.0 Å². The van der Waals surface area contributed by atoms with Crippen LogP contribution in [0.2, 0.25) is 0 Å². The molecular formula is C19H30N2O5Y-2. The Morgan fingerprint density at radius 3 is 2.37 bits per heavy atom. The van der Waals surface area contributed by atoms with Gasteiger partial charge in [-0.15, -0.1) is 12.5 Å². The molecule has 1 saturated heterocycles. The summed E-state index contributed by atoms with van der Waals surface area (Å²) < 4.78 is 10.2. The van der Waals surface area contributed by atoms with E-state index >= 15 is 0 Å². The van der Waals surface area contributed by atoms with E-state index in [9.17, 15) is 14.4 Å². The normalized spacial score (nSPS) is 28.9. The molecule has 27 heavy (non-hydrogen) atoms. The molecule has 1 N–H and O–H groups in total. The van der Waals surface area contributed by atoms with Crippen LogP contribution in [0.5, 0.6) is 0 Å². The molecule has 0 bridgehead atoms. The van der Waals surface area contributed by atoms with Crippen LogP contribution in [0.1, 0.15) is 33.6 Å². The number of methoxy groups -OCH3 is 1. The third-order valence-electron chi connectivity index (χ3n) is 4.51. The van der Waals surface area contributed by atoms with Gasteiger partial charge in [-0.05, 0) is 33.6 Å². The maximum absolute atomic E-state index is 12.8. The summed E-state index contributed by atoms with van der Waals surface area (Å²) in [5, 5.41) is 2.77. The molecule has 0 aromatic rings. The zero-order valence-corrected chi connectivity index (χ0v) is 19.7. The van der Waals surface area contributed by atoms with E-state index in [0.29, 0.717) is 19.4 Å². The second-order valence-electron chi connectivity index (χ2n) is 7.75. The Morgan fingerprint density at radius 2 is 1.93 bits per heavy atom. The number of hydrogen-bond donors (Lipinski definition) is 1. The first-order valence-electron chi connectivity index (χ1n) is 8.39. The van der Waals surface area contributed by atoms with Gasteiger partial charge in [0.05, 0.1) is 7.11 Å². The van der Waals surface area contributed by atoms with Crippen LogP contribution in [0, 0.1) is 26.2 Å². The SMILES string of the molecule is C=CC1CC1(NC(=O)[C@@H]1C[C@@H]([CH2-])CN1C(=O)OC(C)(C)C)C(=O)OC.[CH3-].[Y]. The summed E-state index contributed by atoms with van der Waals surface area (Å²) in [6, 6.07) is -0.718. The minimum Gasteiger partial charge on any atom is -0.467 e. The molecule has 1 radical (unpaired) electrons. The molecule has 1 aliphatic carbocycles. The number of carbonyl (C=O) groups is 3. The van der Waals surface area contributed by atoms with Crippen molar-refractivity contribution in [1.29, 1.82) is 0 Å². The van der Waals surface area contributed by atoms with Crippen LogP contribution in [-0.2, 0) is 51.8 Å². The second-order valence-corrected chi connectivity index (χ2v) is 7.75. The molecule has 2 fully saturated rings. The van der Waals surface area contributed by atoms with Gasteiger partial charge in [0.25, 0.3) is 0 Å². The molecule has 0 aromatic carbocycles. The topological polar surface area (TPSA) is 84.9 Å². The predicted molar refractivity (Wildman–Crippen MR) is 97.8 cm³/mol. The molecule has 2 rings (SSSR count). The summed E-state index contributed by atoms with van der Waals surface area (Å²) in [5.41, 5.74) is -1.73. The minimum atomic E-state index is -1.08. The quantitative estimate of drug-likeness (QED) is 0.399. The molecule has 0 spiro atoms. The Bertz CT molecular complexity index is 589. The van der Waals surface area contributed by atoms with Crippen LogP contribution in [0.15, 0.2) is 12.7 Å². The van der Waals surface area contributed by atoms with Crippen molar-refractivity contribution in [2.24, 2.45) is 11.8 Å².